The van der Waals surface area contributed by atoms with Crippen LogP contribution in [-0.4, -0.2) is 19.3 Å². The molecule has 2 unspecified atom stereocenters. The fourth-order valence-corrected chi connectivity index (χ4v) is 4.55. The van der Waals surface area contributed by atoms with Gasteiger partial charge in [-0.25, -0.2) is 0 Å². The third kappa shape index (κ3) is 3.10. The smallest absolute Gasteiger partial charge is 0.0686 e. The normalized spacial score (nSPS) is 26.1. The van der Waals surface area contributed by atoms with Crippen LogP contribution in [-0.2, 0) is 4.74 Å². The van der Waals surface area contributed by atoms with Crippen LogP contribution in [0.15, 0.2) is 18.2 Å². The molecule has 1 aromatic carbocycles. The van der Waals surface area contributed by atoms with E-state index in [4.69, 9.17) is 27.9 Å². The summed E-state index contributed by atoms with van der Waals surface area (Å²) in [5, 5.41) is 4.79. The molecule has 0 aromatic heterocycles. The van der Waals surface area contributed by atoms with Gasteiger partial charge in [-0.15, -0.1) is 0 Å². The van der Waals surface area contributed by atoms with Gasteiger partial charge in [-0.05, 0) is 50.3 Å². The lowest BCUT2D eigenvalue weighted by Crippen LogP contribution is -2.41. The van der Waals surface area contributed by atoms with E-state index in [9.17, 15) is 0 Å². The summed E-state index contributed by atoms with van der Waals surface area (Å²) < 4.78 is 6.15. The summed E-state index contributed by atoms with van der Waals surface area (Å²) in [5.74, 6) is 0.554. The Morgan fingerprint density at radius 1 is 1.29 bits per heavy atom. The zero-order valence-electron chi connectivity index (χ0n) is 12.5. The van der Waals surface area contributed by atoms with E-state index < -0.39 is 0 Å². The Morgan fingerprint density at radius 3 is 2.76 bits per heavy atom. The molecule has 1 heterocycles. The van der Waals surface area contributed by atoms with E-state index in [-0.39, 0.29) is 11.6 Å². The topological polar surface area (TPSA) is 21.3 Å². The lowest BCUT2D eigenvalue weighted by atomic mass is 9.78. The summed E-state index contributed by atoms with van der Waals surface area (Å²) in [4.78, 5) is 0. The highest BCUT2D eigenvalue weighted by atomic mass is 35.5. The molecule has 1 N–H and O–H groups in total. The van der Waals surface area contributed by atoms with E-state index in [1.54, 1.807) is 0 Å². The van der Waals surface area contributed by atoms with Gasteiger partial charge in [0.05, 0.1) is 15.6 Å². The standard InChI is InChI=1S/C17H23Cl2NO/c1-20-16(13-5-4-6-14(18)15(13)19)12-7-10-21-17(11-12)8-2-3-9-17/h4-6,12,16,20H,2-3,7-11H2,1H3. The van der Waals surface area contributed by atoms with Gasteiger partial charge in [0.2, 0.25) is 0 Å². The highest BCUT2D eigenvalue weighted by Crippen LogP contribution is 2.46. The molecule has 0 bridgehead atoms. The minimum absolute atomic E-state index is 0.128. The third-order valence-corrected chi connectivity index (χ3v) is 5.98. The van der Waals surface area contributed by atoms with Crippen molar-refractivity contribution in [1.82, 2.24) is 5.32 Å². The van der Waals surface area contributed by atoms with Crippen LogP contribution >= 0.6 is 23.2 Å². The Kier molecular flexibility index (Phi) is 4.80. The second-order valence-electron chi connectivity index (χ2n) is 6.40. The number of halogens is 2. The van der Waals surface area contributed by atoms with Crippen molar-refractivity contribution in [2.75, 3.05) is 13.7 Å². The van der Waals surface area contributed by atoms with Crippen LogP contribution in [0.1, 0.15) is 50.1 Å². The number of benzene rings is 1. The Morgan fingerprint density at radius 2 is 2.05 bits per heavy atom. The summed E-state index contributed by atoms with van der Waals surface area (Å²) in [7, 11) is 2.01. The number of hydrogen-bond donors (Lipinski definition) is 1. The zero-order valence-corrected chi connectivity index (χ0v) is 14.0. The first-order chi connectivity index (χ1) is 10.2. The number of ether oxygens (including phenoxy) is 1. The molecule has 1 saturated carbocycles. The molecule has 21 heavy (non-hydrogen) atoms. The Hall–Kier alpha value is -0.280. The largest absolute Gasteiger partial charge is 0.375 e. The van der Waals surface area contributed by atoms with Gasteiger partial charge >= 0.3 is 0 Å². The summed E-state index contributed by atoms with van der Waals surface area (Å²) >= 11 is 12.6. The predicted molar refractivity (Wildman–Crippen MR) is 88.1 cm³/mol. The second-order valence-corrected chi connectivity index (χ2v) is 7.19. The van der Waals surface area contributed by atoms with Gasteiger partial charge < -0.3 is 10.1 Å². The van der Waals surface area contributed by atoms with Gasteiger partial charge in [0.25, 0.3) is 0 Å². The first-order valence-electron chi connectivity index (χ1n) is 7.90. The summed E-state index contributed by atoms with van der Waals surface area (Å²) in [6.07, 6.45) is 7.23. The van der Waals surface area contributed by atoms with Crippen molar-refractivity contribution >= 4 is 23.2 Å². The minimum atomic E-state index is 0.128. The van der Waals surface area contributed by atoms with Crippen LogP contribution in [0.3, 0.4) is 0 Å². The molecular weight excluding hydrogens is 305 g/mol. The molecule has 1 aromatic rings. The van der Waals surface area contributed by atoms with Gasteiger partial charge in [-0.2, -0.15) is 0 Å². The van der Waals surface area contributed by atoms with Crippen molar-refractivity contribution in [3.05, 3.63) is 33.8 Å². The summed E-state index contributed by atoms with van der Waals surface area (Å²) in [5.41, 5.74) is 1.25. The van der Waals surface area contributed by atoms with Gasteiger partial charge in [0.15, 0.2) is 0 Å². The summed E-state index contributed by atoms with van der Waals surface area (Å²) in [6.45, 7) is 0.862. The van der Waals surface area contributed by atoms with E-state index in [1.807, 2.05) is 19.2 Å². The number of hydrogen-bond acceptors (Lipinski definition) is 2. The van der Waals surface area contributed by atoms with Crippen molar-refractivity contribution in [3.63, 3.8) is 0 Å². The Bertz CT molecular complexity index is 500. The van der Waals surface area contributed by atoms with Crippen molar-refractivity contribution in [3.8, 4) is 0 Å². The molecule has 0 amide bonds. The molecule has 4 heteroatoms. The average Bonchev–Trinajstić information content (AvgIpc) is 2.92. The molecule has 1 saturated heterocycles. The minimum Gasteiger partial charge on any atom is -0.375 e. The van der Waals surface area contributed by atoms with Crippen molar-refractivity contribution in [1.29, 1.82) is 0 Å². The zero-order chi connectivity index (χ0) is 14.9. The van der Waals surface area contributed by atoms with E-state index in [1.165, 1.54) is 25.7 Å². The second kappa shape index (κ2) is 6.45. The lowest BCUT2D eigenvalue weighted by molar-refractivity contribution is -0.0978. The number of rotatable bonds is 3. The highest BCUT2D eigenvalue weighted by Gasteiger charge is 2.42. The molecule has 3 rings (SSSR count). The van der Waals surface area contributed by atoms with Crippen LogP contribution < -0.4 is 5.32 Å². The lowest BCUT2D eigenvalue weighted by Gasteiger charge is -2.41. The molecule has 2 atom stereocenters. The van der Waals surface area contributed by atoms with Crippen molar-refractivity contribution in [2.24, 2.45) is 5.92 Å². The SMILES string of the molecule is CNC(c1cccc(Cl)c1Cl)C1CCOC2(CCCC2)C1. The predicted octanol–water partition coefficient (Wildman–Crippen LogP) is 4.99. The van der Waals surface area contributed by atoms with Gasteiger partial charge in [-0.3, -0.25) is 0 Å². The molecule has 116 valence electrons. The van der Waals surface area contributed by atoms with Crippen LogP contribution in [0.2, 0.25) is 10.0 Å². The van der Waals surface area contributed by atoms with E-state index in [0.717, 1.165) is 25.0 Å². The quantitative estimate of drug-likeness (QED) is 0.844. The highest BCUT2D eigenvalue weighted by molar-refractivity contribution is 6.42. The first-order valence-corrected chi connectivity index (χ1v) is 8.66. The molecule has 2 nitrogen and oxygen atoms in total. The van der Waals surface area contributed by atoms with Gasteiger partial charge in [0.1, 0.15) is 0 Å². The van der Waals surface area contributed by atoms with Crippen LogP contribution in [0.5, 0.6) is 0 Å². The monoisotopic (exact) mass is 327 g/mol. The molecule has 1 spiro atoms. The van der Waals surface area contributed by atoms with Crippen molar-refractivity contribution in [2.45, 2.75) is 50.2 Å². The maximum Gasteiger partial charge on any atom is 0.0686 e. The molecule has 2 fully saturated rings. The number of nitrogens with one attached hydrogen (secondary N) is 1. The maximum absolute atomic E-state index is 6.43. The van der Waals surface area contributed by atoms with Crippen molar-refractivity contribution < 1.29 is 4.74 Å². The van der Waals surface area contributed by atoms with E-state index >= 15 is 0 Å². The molecule has 2 aliphatic rings. The fraction of sp³-hybridized carbons (Fsp3) is 0.647. The Labute approximate surface area is 137 Å². The summed E-state index contributed by atoms with van der Waals surface area (Å²) in [6, 6.07) is 6.17. The average molecular weight is 328 g/mol. The molecule has 1 aliphatic carbocycles. The molecule has 0 radical (unpaired) electrons. The maximum atomic E-state index is 6.43. The molecular formula is C17H23Cl2NO. The van der Waals surface area contributed by atoms with Crippen LogP contribution in [0.4, 0.5) is 0 Å². The van der Waals surface area contributed by atoms with Gasteiger partial charge in [0, 0.05) is 12.6 Å². The first kappa shape index (κ1) is 15.6. The van der Waals surface area contributed by atoms with E-state index in [2.05, 4.69) is 11.4 Å². The van der Waals surface area contributed by atoms with Gasteiger partial charge in [-0.1, -0.05) is 48.2 Å². The fourth-order valence-electron chi connectivity index (χ4n) is 4.12. The van der Waals surface area contributed by atoms with Crippen LogP contribution in [0.25, 0.3) is 0 Å². The van der Waals surface area contributed by atoms with E-state index in [0.29, 0.717) is 16.0 Å². The third-order valence-electron chi connectivity index (χ3n) is 5.14. The van der Waals surface area contributed by atoms with Crippen LogP contribution in [0, 0.1) is 5.92 Å². The Balaban J connectivity index is 1.84. The molecule has 1 aliphatic heterocycles.